The minimum Gasteiger partial charge on any atom is -0.464 e. The maximum absolute atomic E-state index is 12.8. The second kappa shape index (κ2) is 11.7. The number of rotatable bonds is 11. The average molecular weight is 408 g/mol. The SMILES string of the molecule is C=CCC/C=C(/CC(NC)(C(=O)OCC)C(=O)OCC)c1cc(Cl)ccc1C. The second-order valence-electron chi connectivity index (χ2n) is 6.33. The first-order valence-corrected chi connectivity index (χ1v) is 9.83. The van der Waals surface area contributed by atoms with Gasteiger partial charge in [-0.25, -0.2) is 9.59 Å². The molecule has 0 bridgehead atoms. The fourth-order valence-electron chi connectivity index (χ4n) is 2.91. The molecule has 1 N–H and O–H groups in total. The Labute approximate surface area is 172 Å². The van der Waals surface area contributed by atoms with Gasteiger partial charge in [-0.15, -0.1) is 6.58 Å². The molecule has 0 amide bonds. The van der Waals surface area contributed by atoms with Crippen LogP contribution >= 0.6 is 11.6 Å². The van der Waals surface area contributed by atoms with E-state index >= 15 is 0 Å². The minimum absolute atomic E-state index is 0.0828. The third-order valence-corrected chi connectivity index (χ3v) is 4.67. The number of benzene rings is 1. The number of likely N-dealkylation sites (N-methyl/N-ethyl adjacent to an activating group) is 1. The Morgan fingerprint density at radius 2 is 1.79 bits per heavy atom. The lowest BCUT2D eigenvalue weighted by Gasteiger charge is -2.30. The van der Waals surface area contributed by atoms with Crippen LogP contribution in [0.4, 0.5) is 0 Å². The van der Waals surface area contributed by atoms with E-state index in [4.69, 9.17) is 21.1 Å². The van der Waals surface area contributed by atoms with E-state index in [0.717, 1.165) is 29.5 Å². The molecule has 6 heteroatoms. The Hall–Kier alpha value is -2.11. The Morgan fingerprint density at radius 3 is 2.29 bits per heavy atom. The highest BCUT2D eigenvalue weighted by Gasteiger charge is 2.48. The molecule has 0 aliphatic heterocycles. The summed E-state index contributed by atoms with van der Waals surface area (Å²) in [4.78, 5) is 25.6. The Bertz CT molecular complexity index is 709. The summed E-state index contributed by atoms with van der Waals surface area (Å²) in [5.74, 6) is -1.32. The zero-order valence-electron chi connectivity index (χ0n) is 17.1. The van der Waals surface area contributed by atoms with Crippen molar-refractivity contribution in [3.05, 3.63) is 53.1 Å². The third-order valence-electron chi connectivity index (χ3n) is 4.44. The van der Waals surface area contributed by atoms with Crippen LogP contribution in [0.1, 0.15) is 44.2 Å². The van der Waals surface area contributed by atoms with Gasteiger partial charge in [0.25, 0.3) is 0 Å². The van der Waals surface area contributed by atoms with E-state index in [0.29, 0.717) is 5.02 Å². The molecule has 1 aromatic carbocycles. The molecule has 0 saturated carbocycles. The molecule has 0 unspecified atom stereocenters. The van der Waals surface area contributed by atoms with Gasteiger partial charge in [0.15, 0.2) is 0 Å². The Balaban J connectivity index is 3.49. The molecule has 0 heterocycles. The minimum atomic E-state index is -1.64. The van der Waals surface area contributed by atoms with Crippen LogP contribution in [0, 0.1) is 6.92 Å². The van der Waals surface area contributed by atoms with Gasteiger partial charge in [0.1, 0.15) is 0 Å². The lowest BCUT2D eigenvalue weighted by Crippen LogP contribution is -2.58. The number of hydrogen-bond acceptors (Lipinski definition) is 5. The van der Waals surface area contributed by atoms with Crippen LogP contribution < -0.4 is 5.32 Å². The Morgan fingerprint density at radius 1 is 1.18 bits per heavy atom. The lowest BCUT2D eigenvalue weighted by molar-refractivity contribution is -0.165. The standard InChI is InChI=1S/C22H30ClNO4/c1-6-9-10-11-17(19-14-18(23)13-12-16(19)4)15-22(24-5,20(25)27-7-2)21(26)28-8-3/h6,11-14,24H,1,7-10,15H2,2-5H3/b17-11-. The van der Waals surface area contributed by atoms with Gasteiger partial charge in [0.2, 0.25) is 5.54 Å². The van der Waals surface area contributed by atoms with Crippen molar-refractivity contribution in [1.82, 2.24) is 5.32 Å². The van der Waals surface area contributed by atoms with Crippen molar-refractivity contribution in [3.8, 4) is 0 Å². The fourth-order valence-corrected chi connectivity index (χ4v) is 3.08. The van der Waals surface area contributed by atoms with Gasteiger partial charge in [0.05, 0.1) is 13.2 Å². The zero-order valence-corrected chi connectivity index (χ0v) is 17.9. The molecule has 0 aliphatic rings. The number of aryl methyl sites for hydroxylation is 1. The number of hydrogen-bond donors (Lipinski definition) is 1. The lowest BCUT2D eigenvalue weighted by atomic mass is 9.85. The molecule has 0 saturated heterocycles. The van der Waals surface area contributed by atoms with Crippen LogP contribution in [0.3, 0.4) is 0 Å². The van der Waals surface area contributed by atoms with Gasteiger partial charge >= 0.3 is 11.9 Å². The van der Waals surface area contributed by atoms with Crippen molar-refractivity contribution >= 4 is 29.1 Å². The van der Waals surface area contributed by atoms with Crippen molar-refractivity contribution in [1.29, 1.82) is 0 Å². The normalized spacial score (nSPS) is 11.8. The average Bonchev–Trinajstić information content (AvgIpc) is 2.67. The number of halogens is 1. The van der Waals surface area contributed by atoms with Gasteiger partial charge in [-0.2, -0.15) is 0 Å². The van der Waals surface area contributed by atoms with E-state index in [-0.39, 0.29) is 19.6 Å². The highest BCUT2D eigenvalue weighted by Crippen LogP contribution is 2.32. The molecule has 0 fully saturated rings. The summed E-state index contributed by atoms with van der Waals surface area (Å²) in [6.07, 6.45) is 5.40. The van der Waals surface area contributed by atoms with Crippen molar-refractivity contribution in [2.24, 2.45) is 0 Å². The van der Waals surface area contributed by atoms with E-state index in [1.54, 1.807) is 20.9 Å². The number of ether oxygens (including phenoxy) is 2. The van der Waals surface area contributed by atoms with E-state index in [1.165, 1.54) is 0 Å². The van der Waals surface area contributed by atoms with Crippen molar-refractivity contribution in [2.45, 2.75) is 45.6 Å². The highest BCUT2D eigenvalue weighted by atomic mass is 35.5. The highest BCUT2D eigenvalue weighted by molar-refractivity contribution is 6.30. The van der Waals surface area contributed by atoms with Gasteiger partial charge < -0.3 is 9.47 Å². The number of carbonyl (C=O) groups excluding carboxylic acids is 2. The first-order valence-electron chi connectivity index (χ1n) is 9.46. The van der Waals surface area contributed by atoms with Crippen molar-refractivity contribution < 1.29 is 19.1 Å². The Kier molecular flexibility index (Phi) is 9.97. The quantitative estimate of drug-likeness (QED) is 0.254. The van der Waals surface area contributed by atoms with Gasteiger partial charge in [-0.05, 0) is 69.5 Å². The molecule has 1 aromatic rings. The van der Waals surface area contributed by atoms with E-state index in [1.807, 2.05) is 37.3 Å². The summed E-state index contributed by atoms with van der Waals surface area (Å²) >= 11 is 6.21. The summed E-state index contributed by atoms with van der Waals surface area (Å²) in [7, 11) is 1.56. The van der Waals surface area contributed by atoms with E-state index in [9.17, 15) is 9.59 Å². The summed E-state index contributed by atoms with van der Waals surface area (Å²) in [5.41, 5.74) is 1.05. The van der Waals surface area contributed by atoms with Crippen molar-refractivity contribution in [2.75, 3.05) is 20.3 Å². The summed E-state index contributed by atoms with van der Waals surface area (Å²) in [6.45, 7) is 9.43. The number of nitrogens with one attached hydrogen (secondary N) is 1. The smallest absolute Gasteiger partial charge is 0.338 e. The number of esters is 2. The fraction of sp³-hybridized carbons (Fsp3) is 0.455. The summed E-state index contributed by atoms with van der Waals surface area (Å²) in [5, 5.41) is 3.45. The number of carbonyl (C=O) groups is 2. The van der Waals surface area contributed by atoms with Gasteiger partial charge in [-0.1, -0.05) is 29.8 Å². The van der Waals surface area contributed by atoms with E-state index < -0.39 is 17.5 Å². The molecule has 0 spiro atoms. The van der Waals surface area contributed by atoms with Crippen molar-refractivity contribution in [3.63, 3.8) is 0 Å². The molecular formula is C22H30ClNO4. The first-order chi connectivity index (χ1) is 13.4. The van der Waals surface area contributed by atoms with Crippen LogP contribution in [-0.2, 0) is 19.1 Å². The molecular weight excluding hydrogens is 378 g/mol. The van der Waals surface area contributed by atoms with Crippen LogP contribution in [0.2, 0.25) is 5.02 Å². The predicted molar refractivity (Wildman–Crippen MR) is 113 cm³/mol. The first kappa shape index (κ1) is 23.9. The third kappa shape index (κ3) is 5.94. The van der Waals surface area contributed by atoms with Crippen LogP contribution in [-0.4, -0.2) is 37.7 Å². The predicted octanol–water partition coefficient (Wildman–Crippen LogP) is 4.47. The van der Waals surface area contributed by atoms with Crippen LogP contribution in [0.15, 0.2) is 36.9 Å². The van der Waals surface area contributed by atoms with Crippen LogP contribution in [0.5, 0.6) is 0 Å². The van der Waals surface area contributed by atoms with E-state index in [2.05, 4.69) is 11.9 Å². The molecule has 154 valence electrons. The van der Waals surface area contributed by atoms with Gasteiger partial charge in [0, 0.05) is 11.4 Å². The topological polar surface area (TPSA) is 64.6 Å². The molecule has 0 aromatic heterocycles. The molecule has 28 heavy (non-hydrogen) atoms. The maximum Gasteiger partial charge on any atom is 0.338 e. The molecule has 0 aliphatic carbocycles. The second-order valence-corrected chi connectivity index (χ2v) is 6.76. The summed E-state index contributed by atoms with van der Waals surface area (Å²) in [6, 6.07) is 5.56. The molecule has 5 nitrogen and oxygen atoms in total. The van der Waals surface area contributed by atoms with Gasteiger partial charge in [-0.3, -0.25) is 5.32 Å². The largest absolute Gasteiger partial charge is 0.464 e. The number of unbranched alkanes of at least 4 members (excludes halogenated alkanes) is 1. The zero-order chi connectivity index (χ0) is 21.2. The summed E-state index contributed by atoms with van der Waals surface area (Å²) < 4.78 is 10.4. The number of allylic oxidation sites excluding steroid dienone is 2. The maximum atomic E-state index is 12.8. The molecule has 0 radical (unpaired) electrons. The monoisotopic (exact) mass is 407 g/mol. The van der Waals surface area contributed by atoms with Crippen LogP contribution in [0.25, 0.3) is 5.57 Å². The molecule has 1 rings (SSSR count). The molecule has 0 atom stereocenters.